The van der Waals surface area contributed by atoms with Gasteiger partial charge in [0.2, 0.25) is 0 Å². The van der Waals surface area contributed by atoms with Crippen LogP contribution in [0.3, 0.4) is 0 Å². The number of rotatable bonds is 30. The van der Waals surface area contributed by atoms with Gasteiger partial charge in [0, 0.05) is 12.2 Å². The molecule has 0 N–H and O–H groups in total. The second-order valence-corrected chi connectivity index (χ2v) is 23.0. The van der Waals surface area contributed by atoms with Gasteiger partial charge in [-0.2, -0.15) is 10.5 Å². The lowest BCUT2D eigenvalue weighted by atomic mass is 9.82. The molecule has 2 aliphatic carbocycles. The molecule has 2 fully saturated rings. The summed E-state index contributed by atoms with van der Waals surface area (Å²) in [4.78, 5) is 125. The minimum Gasteiger partial charge on any atom is -0.463 e. The number of hydrogen-bond donors (Lipinski definition) is 0. The smallest absolute Gasteiger partial charge is 0.330 e. The van der Waals surface area contributed by atoms with Gasteiger partial charge in [-0.1, -0.05) is 60.9 Å². The number of carbonyl (C=O) groups excluding carboxylic acids is 10. The van der Waals surface area contributed by atoms with E-state index < -0.39 is 95.6 Å². The molecule has 0 spiro atoms. The molecule has 0 radical (unpaired) electrons. The van der Waals surface area contributed by atoms with Gasteiger partial charge >= 0.3 is 59.7 Å². The summed E-state index contributed by atoms with van der Waals surface area (Å²) in [7, 11) is 0. The molecule has 3 aromatic rings. The minimum atomic E-state index is -0.638. The Morgan fingerprint density at radius 2 is 0.795 bits per heavy atom. The molecule has 2 atom stereocenters. The summed E-state index contributed by atoms with van der Waals surface area (Å²) in [6, 6.07) is 20.7. The van der Waals surface area contributed by atoms with Crippen molar-refractivity contribution >= 4 is 83.2 Å². The van der Waals surface area contributed by atoms with Gasteiger partial charge in [-0.15, -0.1) is 0 Å². The molecular formula is C64H68N2O20S2. The van der Waals surface area contributed by atoms with Crippen LogP contribution in [0.5, 0.6) is 23.0 Å². The molecule has 3 aromatic carbocycles. The van der Waals surface area contributed by atoms with Gasteiger partial charge in [-0.3, -0.25) is 38.4 Å². The number of nitrogens with zero attached hydrogens (tertiary/aromatic N) is 2. The fourth-order valence-corrected chi connectivity index (χ4v) is 11.8. The summed E-state index contributed by atoms with van der Waals surface area (Å²) in [5, 5.41) is 19.4. The Labute approximate surface area is 517 Å². The van der Waals surface area contributed by atoms with Gasteiger partial charge in [-0.25, -0.2) is 9.59 Å². The van der Waals surface area contributed by atoms with E-state index in [4.69, 9.17) is 47.4 Å². The summed E-state index contributed by atoms with van der Waals surface area (Å²) in [5.74, 6) is -6.55. The summed E-state index contributed by atoms with van der Waals surface area (Å²) in [6.07, 6.45) is 5.37. The maximum Gasteiger partial charge on any atom is 0.330 e. The van der Waals surface area contributed by atoms with E-state index in [1.165, 1.54) is 12.1 Å². The highest BCUT2D eigenvalue weighted by Gasteiger charge is 2.37. The van der Waals surface area contributed by atoms with Crippen LogP contribution in [0, 0.1) is 46.3 Å². The molecule has 0 amide bonds. The van der Waals surface area contributed by atoms with Crippen molar-refractivity contribution in [1.29, 1.82) is 10.5 Å². The Morgan fingerprint density at radius 3 is 1.12 bits per heavy atom. The van der Waals surface area contributed by atoms with Gasteiger partial charge in [0.1, 0.15) is 67.1 Å². The van der Waals surface area contributed by atoms with E-state index in [2.05, 4.69) is 13.2 Å². The highest BCUT2D eigenvalue weighted by atomic mass is 32.2. The average molecular weight is 1250 g/mol. The van der Waals surface area contributed by atoms with Gasteiger partial charge in [0.05, 0.1) is 75.6 Å². The molecule has 0 aromatic heterocycles. The maximum atomic E-state index is 13.7. The lowest BCUT2D eigenvalue weighted by molar-refractivity contribution is -0.154. The van der Waals surface area contributed by atoms with Gasteiger partial charge in [0.25, 0.3) is 0 Å². The zero-order chi connectivity index (χ0) is 63.5. The molecule has 2 saturated carbocycles. The number of aryl methyl sites for hydroxylation is 2. The zero-order valence-electron chi connectivity index (χ0n) is 48.8. The minimum absolute atomic E-state index is 0.125. The molecule has 2 unspecified atom stereocenters. The summed E-state index contributed by atoms with van der Waals surface area (Å²) >= 11 is 2.11. The highest BCUT2D eigenvalue weighted by molar-refractivity contribution is 8.24. The van der Waals surface area contributed by atoms with E-state index in [0.717, 1.165) is 46.8 Å². The first-order valence-corrected chi connectivity index (χ1v) is 30.4. The van der Waals surface area contributed by atoms with Crippen molar-refractivity contribution in [2.24, 2.45) is 23.7 Å². The number of esters is 10. The third-order valence-electron chi connectivity index (χ3n) is 14.3. The second kappa shape index (κ2) is 35.2. The molecule has 88 heavy (non-hydrogen) atoms. The van der Waals surface area contributed by atoms with Crippen LogP contribution in [0.2, 0.25) is 0 Å². The van der Waals surface area contributed by atoms with E-state index >= 15 is 0 Å². The van der Waals surface area contributed by atoms with Gasteiger partial charge < -0.3 is 47.4 Å². The summed E-state index contributed by atoms with van der Waals surface area (Å²) in [5.41, 5.74) is 1.66. The Kier molecular flexibility index (Phi) is 27.3. The predicted molar refractivity (Wildman–Crippen MR) is 313 cm³/mol. The van der Waals surface area contributed by atoms with E-state index in [9.17, 15) is 58.5 Å². The number of carbonyl (C=O) groups is 10. The van der Waals surface area contributed by atoms with Crippen LogP contribution in [-0.2, 0) is 89.2 Å². The normalized spacial score (nSPS) is 17.2. The van der Waals surface area contributed by atoms with Crippen molar-refractivity contribution in [2.75, 3.05) is 26.4 Å². The molecule has 24 heteroatoms. The van der Waals surface area contributed by atoms with Crippen LogP contribution in [0.4, 0.5) is 0 Å². The third kappa shape index (κ3) is 22.2. The van der Waals surface area contributed by atoms with Crippen LogP contribution in [-0.4, -0.2) is 98.3 Å². The quantitative estimate of drug-likeness (QED) is 0.0150. The second-order valence-electron chi connectivity index (χ2n) is 20.7. The Balaban J connectivity index is 0.899. The number of nitriles is 2. The van der Waals surface area contributed by atoms with Crippen molar-refractivity contribution < 1.29 is 95.3 Å². The lowest BCUT2D eigenvalue weighted by Gasteiger charge is -2.26. The van der Waals surface area contributed by atoms with Crippen LogP contribution < -0.4 is 18.9 Å². The van der Waals surface area contributed by atoms with Crippen LogP contribution >= 0.6 is 23.5 Å². The Morgan fingerprint density at radius 1 is 0.477 bits per heavy atom. The topological polar surface area (TPSA) is 311 Å². The lowest BCUT2D eigenvalue weighted by Crippen LogP contribution is -2.30. The van der Waals surface area contributed by atoms with Crippen molar-refractivity contribution in [3.05, 3.63) is 107 Å². The SMILES string of the molecule is C=CC(=O)OCCOC(=O)CCC(=O)OC(C)CCc1ccc(OC(=O)C2CCC(C(=O)Oc3ccc(OC(=O)C4CCC(C(=O)Oc5ccc(CCC(C)OC(=O)CCC(=O)OCCOC(=O)C=C)cc5)CC4)c4c3SC(=C(C#N)C#N)S4)CC2)cc1. The molecule has 1 heterocycles. The number of allylic oxidation sites excluding steroid dienone is 1. The fourth-order valence-electron chi connectivity index (χ4n) is 9.36. The van der Waals surface area contributed by atoms with Gasteiger partial charge in [0.15, 0.2) is 0 Å². The van der Waals surface area contributed by atoms with E-state index in [1.807, 2.05) is 12.1 Å². The first-order chi connectivity index (χ1) is 42.3. The number of benzene rings is 3. The maximum absolute atomic E-state index is 13.7. The number of fused-ring (bicyclic) bond motifs is 1. The first kappa shape index (κ1) is 68.4. The molecule has 6 rings (SSSR count). The number of thioether (sulfide) groups is 2. The molecule has 3 aliphatic rings. The van der Waals surface area contributed by atoms with Crippen molar-refractivity contribution in [1.82, 2.24) is 0 Å². The van der Waals surface area contributed by atoms with Crippen LogP contribution in [0.25, 0.3) is 0 Å². The predicted octanol–water partition coefficient (Wildman–Crippen LogP) is 9.61. The fraction of sp³-hybridized carbons (Fsp3) is 0.438. The highest BCUT2D eigenvalue weighted by Crippen LogP contribution is 2.59. The largest absolute Gasteiger partial charge is 0.463 e. The summed E-state index contributed by atoms with van der Waals surface area (Å²) in [6.45, 7) is 9.48. The van der Waals surface area contributed by atoms with E-state index in [0.29, 0.717) is 103 Å². The van der Waals surface area contributed by atoms with Crippen molar-refractivity contribution in [2.45, 2.75) is 139 Å². The van der Waals surface area contributed by atoms with Crippen molar-refractivity contribution in [3.63, 3.8) is 0 Å². The van der Waals surface area contributed by atoms with Crippen LogP contribution in [0.1, 0.15) is 115 Å². The molecule has 0 bridgehead atoms. The van der Waals surface area contributed by atoms with E-state index in [-0.39, 0.29) is 69.2 Å². The number of ether oxygens (including phenoxy) is 10. The van der Waals surface area contributed by atoms with Gasteiger partial charge in [-0.05, 0) is 138 Å². The molecule has 22 nitrogen and oxygen atoms in total. The molecular weight excluding hydrogens is 1180 g/mol. The molecule has 466 valence electrons. The van der Waals surface area contributed by atoms with Crippen LogP contribution in [0.15, 0.2) is 106 Å². The zero-order valence-corrected chi connectivity index (χ0v) is 50.5. The number of hydrogen-bond acceptors (Lipinski definition) is 24. The molecule has 0 saturated heterocycles. The third-order valence-corrected chi connectivity index (χ3v) is 16.9. The van der Waals surface area contributed by atoms with Crippen molar-refractivity contribution in [3.8, 4) is 35.1 Å². The standard InChI is InChI=1S/C64H68N2O20S2/c1-5-52(67)77-33-35-79-54(69)29-31-56(71)81-39(3)7-9-41-11-23-48(24-12-41)83-60(73)43-15-19-45(20-16-43)62(75)85-50-27-28-51(59-58(50)87-64(88-59)47(37-65)38-66)86-63(76)46-21-17-44(18-22-46)61(74)84-49-25-13-42(14-26-49)10-8-40(4)82-57(72)32-30-55(70)80-36-34-78-53(68)6-2/h5-6,11-14,23-28,39-40,43-46H,1-2,7-10,15-22,29-36H2,3-4H3. The summed E-state index contributed by atoms with van der Waals surface area (Å²) < 4.78 is 53.8. The van der Waals surface area contributed by atoms with E-state index in [1.54, 1.807) is 62.4 Å². The average Bonchev–Trinajstić information content (AvgIpc) is 1.90. The molecule has 1 aliphatic heterocycles. The Hall–Kier alpha value is -8.74. The Bertz CT molecular complexity index is 2960. The first-order valence-electron chi connectivity index (χ1n) is 28.7. The monoisotopic (exact) mass is 1250 g/mol.